The van der Waals surface area contributed by atoms with Crippen molar-refractivity contribution in [2.45, 2.75) is 6.42 Å². The summed E-state index contributed by atoms with van der Waals surface area (Å²) in [5.41, 5.74) is 1.12. The summed E-state index contributed by atoms with van der Waals surface area (Å²) in [5, 5.41) is 19.0. The number of aliphatic hydroxyl groups excluding tert-OH is 1. The topological polar surface area (TPSA) is 88.3 Å². The Morgan fingerprint density at radius 1 is 1.32 bits per heavy atom. The second kappa shape index (κ2) is 9.23. The van der Waals surface area contributed by atoms with E-state index < -0.39 is 0 Å². The molecule has 0 amide bonds. The number of nitrogens with zero attached hydrogens (tertiary/aromatic N) is 3. The van der Waals surface area contributed by atoms with Crippen LogP contribution in [-0.4, -0.2) is 35.4 Å². The number of halogens is 2. The minimum atomic E-state index is 0.00436. The van der Waals surface area contributed by atoms with Crippen molar-refractivity contribution in [3.8, 4) is 17.7 Å². The van der Waals surface area contributed by atoms with Gasteiger partial charge in [0.15, 0.2) is 5.75 Å². The third-order valence-corrected chi connectivity index (χ3v) is 3.76. The molecule has 0 atom stereocenters. The highest BCUT2D eigenvalue weighted by Gasteiger charge is 2.13. The highest BCUT2D eigenvalue weighted by atomic mass is 35.5. The minimum absolute atomic E-state index is 0.00436. The number of nitriles is 1. The summed E-state index contributed by atoms with van der Waals surface area (Å²) in [7, 11) is 1.49. The average molecular weight is 380 g/mol. The summed E-state index contributed by atoms with van der Waals surface area (Å²) in [6.07, 6.45) is 4.88. The van der Waals surface area contributed by atoms with Gasteiger partial charge in [-0.15, -0.1) is 0 Å². The molecule has 2 heterocycles. The van der Waals surface area contributed by atoms with Crippen molar-refractivity contribution in [3.05, 3.63) is 45.8 Å². The van der Waals surface area contributed by atoms with Crippen LogP contribution in [0.1, 0.15) is 17.7 Å². The van der Waals surface area contributed by atoms with E-state index in [4.69, 9.17) is 37.8 Å². The van der Waals surface area contributed by atoms with Crippen LogP contribution in [0.25, 0.3) is 11.6 Å². The number of pyridine rings is 2. The van der Waals surface area contributed by atoms with Gasteiger partial charge in [0.1, 0.15) is 6.07 Å². The summed E-state index contributed by atoms with van der Waals surface area (Å²) in [5.74, 6) is 0.667. The molecule has 0 spiro atoms. The van der Waals surface area contributed by atoms with Crippen LogP contribution in [0.4, 0.5) is 0 Å². The van der Waals surface area contributed by atoms with Crippen LogP contribution >= 0.6 is 23.2 Å². The molecule has 0 radical (unpaired) electrons. The Labute approximate surface area is 155 Å². The summed E-state index contributed by atoms with van der Waals surface area (Å²) in [6.45, 7) is 0.279. The van der Waals surface area contributed by atoms with Gasteiger partial charge in [0, 0.05) is 31.0 Å². The van der Waals surface area contributed by atoms with Gasteiger partial charge in [-0.2, -0.15) is 5.26 Å². The first-order chi connectivity index (χ1) is 12.1. The molecule has 0 aliphatic heterocycles. The first kappa shape index (κ1) is 19.0. The Hall–Kier alpha value is -2.33. The van der Waals surface area contributed by atoms with E-state index in [0.717, 1.165) is 0 Å². The van der Waals surface area contributed by atoms with Crippen molar-refractivity contribution in [2.75, 3.05) is 20.3 Å². The van der Waals surface area contributed by atoms with Gasteiger partial charge in [-0.05, 0) is 18.2 Å². The fourth-order valence-electron chi connectivity index (χ4n) is 1.94. The van der Waals surface area contributed by atoms with Gasteiger partial charge in [-0.3, -0.25) is 4.98 Å². The first-order valence-electron chi connectivity index (χ1n) is 7.30. The smallest absolute Gasteiger partial charge is 0.257 e. The van der Waals surface area contributed by atoms with E-state index in [1.807, 2.05) is 0 Å². The molecule has 130 valence electrons. The van der Waals surface area contributed by atoms with Crippen molar-refractivity contribution in [3.63, 3.8) is 0 Å². The SMILES string of the molecule is COc1ccc(/C(C#N)=C/c2c(Cl)cncc2Cl)nc1OCCCO. The molecule has 1 N–H and O–H groups in total. The molecule has 0 saturated carbocycles. The zero-order chi connectivity index (χ0) is 18.2. The van der Waals surface area contributed by atoms with Gasteiger partial charge in [0.05, 0.1) is 35.0 Å². The van der Waals surface area contributed by atoms with Gasteiger partial charge in [0.2, 0.25) is 0 Å². The second-order valence-corrected chi connectivity index (χ2v) is 5.63. The maximum Gasteiger partial charge on any atom is 0.257 e. The summed E-state index contributed by atoms with van der Waals surface area (Å²) in [6, 6.07) is 5.36. The molecular weight excluding hydrogens is 365 g/mol. The van der Waals surface area contributed by atoms with Crippen LogP contribution in [0.5, 0.6) is 11.6 Å². The lowest BCUT2D eigenvalue weighted by Gasteiger charge is -2.10. The minimum Gasteiger partial charge on any atom is -0.491 e. The lowest BCUT2D eigenvalue weighted by molar-refractivity contribution is 0.223. The predicted octanol–water partition coefficient (Wildman–Crippen LogP) is 3.62. The molecule has 8 heteroatoms. The highest BCUT2D eigenvalue weighted by molar-refractivity contribution is 6.37. The number of hydrogen-bond donors (Lipinski definition) is 1. The molecule has 0 saturated heterocycles. The van der Waals surface area contributed by atoms with Crippen LogP contribution in [-0.2, 0) is 0 Å². The third-order valence-electron chi connectivity index (χ3n) is 3.16. The number of aliphatic hydroxyl groups is 1. The van der Waals surface area contributed by atoms with E-state index >= 15 is 0 Å². The van der Waals surface area contributed by atoms with Crippen molar-refractivity contribution >= 4 is 34.9 Å². The second-order valence-electron chi connectivity index (χ2n) is 4.82. The summed E-state index contributed by atoms with van der Waals surface area (Å²) >= 11 is 12.2. The number of methoxy groups -OCH3 is 1. The Morgan fingerprint density at radius 3 is 2.64 bits per heavy atom. The average Bonchev–Trinajstić information content (AvgIpc) is 2.62. The molecule has 0 bridgehead atoms. The molecule has 0 fully saturated rings. The normalized spacial score (nSPS) is 11.1. The number of ether oxygens (including phenoxy) is 2. The maximum absolute atomic E-state index is 9.49. The third kappa shape index (κ3) is 4.83. The molecule has 2 rings (SSSR count). The summed E-state index contributed by atoms with van der Waals surface area (Å²) in [4.78, 5) is 8.20. The standard InChI is InChI=1S/C17H15Cl2N3O3/c1-24-16-4-3-15(22-17(16)25-6-2-5-23)11(8-20)7-12-13(18)9-21-10-14(12)19/h3-4,7,9-10,23H,2,5-6H2,1H3/b11-7+. The Bertz CT molecular complexity index is 799. The molecule has 0 unspecified atom stereocenters. The van der Waals surface area contributed by atoms with Crippen molar-refractivity contribution in [1.82, 2.24) is 9.97 Å². The zero-order valence-corrected chi connectivity index (χ0v) is 14.9. The van der Waals surface area contributed by atoms with Gasteiger partial charge < -0.3 is 14.6 Å². The van der Waals surface area contributed by atoms with Gasteiger partial charge in [-0.1, -0.05) is 23.2 Å². The monoisotopic (exact) mass is 379 g/mol. The Balaban J connectivity index is 2.42. The Kier molecular flexibility index (Phi) is 7.02. The number of allylic oxidation sites excluding steroid dienone is 1. The van der Waals surface area contributed by atoms with Crippen LogP contribution in [0.3, 0.4) is 0 Å². The largest absolute Gasteiger partial charge is 0.491 e. The number of rotatable bonds is 7. The predicted molar refractivity (Wildman–Crippen MR) is 95.7 cm³/mol. The van der Waals surface area contributed by atoms with Crippen LogP contribution in [0.15, 0.2) is 24.5 Å². The van der Waals surface area contributed by atoms with Gasteiger partial charge in [-0.25, -0.2) is 4.98 Å². The summed E-state index contributed by atoms with van der Waals surface area (Å²) < 4.78 is 10.7. The molecule has 25 heavy (non-hydrogen) atoms. The van der Waals surface area contributed by atoms with Gasteiger partial charge >= 0.3 is 0 Å². The molecule has 2 aromatic heterocycles. The number of aromatic nitrogens is 2. The van der Waals surface area contributed by atoms with E-state index in [1.165, 1.54) is 19.5 Å². The van der Waals surface area contributed by atoms with Gasteiger partial charge in [0.25, 0.3) is 5.88 Å². The van der Waals surface area contributed by atoms with E-state index in [9.17, 15) is 5.26 Å². The van der Waals surface area contributed by atoms with Crippen molar-refractivity contribution < 1.29 is 14.6 Å². The zero-order valence-electron chi connectivity index (χ0n) is 13.4. The fraction of sp³-hybridized carbons (Fsp3) is 0.235. The van der Waals surface area contributed by atoms with E-state index in [0.29, 0.717) is 33.5 Å². The highest BCUT2D eigenvalue weighted by Crippen LogP contribution is 2.30. The number of hydrogen-bond acceptors (Lipinski definition) is 6. The van der Waals surface area contributed by atoms with E-state index in [-0.39, 0.29) is 24.7 Å². The van der Waals surface area contributed by atoms with E-state index in [1.54, 1.807) is 18.2 Å². The Morgan fingerprint density at radius 2 is 2.04 bits per heavy atom. The molecule has 0 aliphatic rings. The maximum atomic E-state index is 9.49. The lowest BCUT2D eigenvalue weighted by atomic mass is 10.1. The van der Waals surface area contributed by atoms with Crippen LogP contribution < -0.4 is 9.47 Å². The quantitative estimate of drug-likeness (QED) is 0.583. The molecule has 2 aromatic rings. The van der Waals surface area contributed by atoms with Crippen LogP contribution in [0.2, 0.25) is 10.0 Å². The van der Waals surface area contributed by atoms with Crippen molar-refractivity contribution in [1.29, 1.82) is 5.26 Å². The first-order valence-corrected chi connectivity index (χ1v) is 8.06. The van der Waals surface area contributed by atoms with E-state index in [2.05, 4.69) is 16.0 Å². The van der Waals surface area contributed by atoms with Crippen molar-refractivity contribution in [2.24, 2.45) is 0 Å². The molecule has 6 nitrogen and oxygen atoms in total. The lowest BCUT2D eigenvalue weighted by Crippen LogP contribution is -2.04. The molecule has 0 aromatic carbocycles. The molecular formula is C17H15Cl2N3O3. The fourth-order valence-corrected chi connectivity index (χ4v) is 2.41. The molecule has 0 aliphatic carbocycles. The van der Waals surface area contributed by atoms with Crippen LogP contribution in [0, 0.1) is 11.3 Å².